The van der Waals surface area contributed by atoms with E-state index in [1.807, 2.05) is 0 Å². The van der Waals surface area contributed by atoms with E-state index in [1.54, 1.807) is 20.8 Å². The summed E-state index contributed by atoms with van der Waals surface area (Å²) in [4.78, 5) is 22.7. The minimum Gasteiger partial charge on any atom is -0.462 e. The number of hydrogen-bond donors (Lipinski definition) is 1. The van der Waals surface area contributed by atoms with Crippen LogP contribution in [0.2, 0.25) is 0 Å². The van der Waals surface area contributed by atoms with Crippen LogP contribution in [0.5, 0.6) is 0 Å². The topological polar surface area (TPSA) is 73.9 Å². The summed E-state index contributed by atoms with van der Waals surface area (Å²) in [5.41, 5.74) is -0.593. The minimum atomic E-state index is -0.748. The van der Waals surface area contributed by atoms with Crippen LogP contribution in [0.1, 0.15) is 27.7 Å². The molecule has 0 saturated carbocycles. The third kappa shape index (κ3) is 8.50. The molecular weight excluding hydrogens is 226 g/mol. The predicted octanol–water partition coefficient (Wildman–Crippen LogP) is 1.09. The Bertz CT molecular complexity index is 259. The number of esters is 1. The molecule has 0 saturated heterocycles. The maximum atomic E-state index is 11.4. The van der Waals surface area contributed by atoms with Crippen LogP contribution in [0.3, 0.4) is 0 Å². The summed E-state index contributed by atoms with van der Waals surface area (Å²) in [5, 5.41) is 2.39. The molecule has 1 amide bonds. The molecule has 0 rings (SSSR count). The summed E-state index contributed by atoms with van der Waals surface area (Å²) in [7, 11) is 1.51. The second-order valence-corrected chi connectivity index (χ2v) is 4.53. The highest BCUT2D eigenvalue weighted by Crippen LogP contribution is 2.06. The molecule has 6 heteroatoms. The van der Waals surface area contributed by atoms with Crippen molar-refractivity contribution < 1.29 is 23.8 Å². The van der Waals surface area contributed by atoms with Crippen LogP contribution in [0.15, 0.2) is 0 Å². The van der Waals surface area contributed by atoms with E-state index in [4.69, 9.17) is 14.2 Å². The van der Waals surface area contributed by atoms with E-state index in [1.165, 1.54) is 14.0 Å². The van der Waals surface area contributed by atoms with E-state index < -0.39 is 23.7 Å². The van der Waals surface area contributed by atoms with Crippen LogP contribution in [-0.4, -0.2) is 44.0 Å². The number of methoxy groups -OCH3 is 1. The fraction of sp³-hybridized carbons (Fsp3) is 0.818. The van der Waals surface area contributed by atoms with Gasteiger partial charge in [0.05, 0.1) is 6.61 Å². The van der Waals surface area contributed by atoms with E-state index in [9.17, 15) is 9.59 Å². The quantitative estimate of drug-likeness (QED) is 0.581. The van der Waals surface area contributed by atoms with E-state index in [-0.39, 0.29) is 6.61 Å². The van der Waals surface area contributed by atoms with Crippen LogP contribution >= 0.6 is 0 Å². The van der Waals surface area contributed by atoms with Gasteiger partial charge in [-0.2, -0.15) is 0 Å². The minimum absolute atomic E-state index is 0.162. The standard InChI is InChI=1S/C11H21NO5/c1-8(9(13)16-7-6-15-5)12-10(14)17-11(2,3)4/h8H,6-7H2,1-5H3,(H,12,14). The molecule has 0 spiro atoms. The second-order valence-electron chi connectivity index (χ2n) is 4.53. The first-order valence-corrected chi connectivity index (χ1v) is 5.41. The van der Waals surface area contributed by atoms with Crippen LogP contribution in [-0.2, 0) is 19.0 Å². The smallest absolute Gasteiger partial charge is 0.408 e. The Morgan fingerprint density at radius 3 is 2.29 bits per heavy atom. The zero-order chi connectivity index (χ0) is 13.5. The summed E-state index contributed by atoms with van der Waals surface area (Å²) >= 11 is 0. The third-order valence-electron chi connectivity index (χ3n) is 1.62. The molecule has 0 aliphatic rings. The summed E-state index contributed by atoms with van der Waals surface area (Å²) in [6.45, 7) is 7.25. The third-order valence-corrected chi connectivity index (χ3v) is 1.62. The fourth-order valence-electron chi connectivity index (χ4n) is 0.894. The van der Waals surface area contributed by atoms with Crippen molar-refractivity contribution in [1.82, 2.24) is 5.32 Å². The molecule has 0 fully saturated rings. The first-order valence-electron chi connectivity index (χ1n) is 5.41. The fourth-order valence-corrected chi connectivity index (χ4v) is 0.894. The normalized spacial score (nSPS) is 12.8. The Balaban J connectivity index is 3.95. The molecule has 100 valence electrons. The molecule has 6 nitrogen and oxygen atoms in total. The largest absolute Gasteiger partial charge is 0.462 e. The van der Waals surface area contributed by atoms with Crippen LogP contribution in [0, 0.1) is 0 Å². The highest BCUT2D eigenvalue weighted by Gasteiger charge is 2.21. The van der Waals surface area contributed by atoms with E-state index in [0.29, 0.717) is 6.61 Å². The Labute approximate surface area is 102 Å². The van der Waals surface area contributed by atoms with Gasteiger partial charge in [0.2, 0.25) is 0 Å². The molecule has 1 N–H and O–H groups in total. The van der Waals surface area contributed by atoms with E-state index >= 15 is 0 Å². The van der Waals surface area contributed by atoms with Gasteiger partial charge in [0.25, 0.3) is 0 Å². The van der Waals surface area contributed by atoms with E-state index in [2.05, 4.69) is 5.32 Å². The van der Waals surface area contributed by atoms with Gasteiger partial charge in [-0.25, -0.2) is 9.59 Å². The highest BCUT2D eigenvalue weighted by atomic mass is 16.6. The Morgan fingerprint density at radius 1 is 1.24 bits per heavy atom. The van der Waals surface area contributed by atoms with Crippen molar-refractivity contribution in [2.45, 2.75) is 39.3 Å². The van der Waals surface area contributed by atoms with Crippen molar-refractivity contribution in [3.05, 3.63) is 0 Å². The van der Waals surface area contributed by atoms with Crippen molar-refractivity contribution in [1.29, 1.82) is 0 Å². The van der Waals surface area contributed by atoms with Gasteiger partial charge in [-0.05, 0) is 27.7 Å². The van der Waals surface area contributed by atoms with Gasteiger partial charge in [0.1, 0.15) is 18.2 Å². The number of alkyl carbamates (subject to hydrolysis) is 1. The van der Waals surface area contributed by atoms with Crippen molar-refractivity contribution in [3.8, 4) is 0 Å². The highest BCUT2D eigenvalue weighted by molar-refractivity contribution is 5.80. The Morgan fingerprint density at radius 2 is 1.82 bits per heavy atom. The number of nitrogens with one attached hydrogen (secondary N) is 1. The number of hydrogen-bond acceptors (Lipinski definition) is 5. The Kier molecular flexibility index (Phi) is 6.57. The molecule has 17 heavy (non-hydrogen) atoms. The predicted molar refractivity (Wildman–Crippen MR) is 61.7 cm³/mol. The van der Waals surface area contributed by atoms with Gasteiger partial charge in [-0.1, -0.05) is 0 Å². The van der Waals surface area contributed by atoms with Crippen molar-refractivity contribution >= 4 is 12.1 Å². The molecule has 1 unspecified atom stereocenters. The van der Waals surface area contributed by atoms with Gasteiger partial charge in [-0.15, -0.1) is 0 Å². The van der Waals surface area contributed by atoms with Gasteiger partial charge < -0.3 is 19.5 Å². The van der Waals surface area contributed by atoms with Crippen LogP contribution < -0.4 is 5.32 Å². The molecule has 0 aromatic heterocycles. The summed E-state index contributed by atoms with van der Waals surface area (Å²) in [5.74, 6) is -0.520. The zero-order valence-electron chi connectivity index (χ0n) is 11.0. The number of amides is 1. The van der Waals surface area contributed by atoms with Crippen molar-refractivity contribution in [2.24, 2.45) is 0 Å². The molecular formula is C11H21NO5. The van der Waals surface area contributed by atoms with Gasteiger partial charge in [0.15, 0.2) is 0 Å². The van der Waals surface area contributed by atoms with E-state index in [0.717, 1.165) is 0 Å². The summed E-state index contributed by atoms with van der Waals surface area (Å²) in [6, 6.07) is -0.748. The van der Waals surface area contributed by atoms with Crippen molar-refractivity contribution in [3.63, 3.8) is 0 Å². The monoisotopic (exact) mass is 247 g/mol. The molecule has 0 aromatic carbocycles. The number of carbonyl (C=O) groups is 2. The number of carbonyl (C=O) groups excluding carboxylic acids is 2. The molecule has 0 radical (unpaired) electrons. The first kappa shape index (κ1) is 15.7. The maximum Gasteiger partial charge on any atom is 0.408 e. The van der Waals surface area contributed by atoms with Crippen LogP contribution in [0.25, 0.3) is 0 Å². The van der Waals surface area contributed by atoms with Gasteiger partial charge >= 0.3 is 12.1 Å². The SMILES string of the molecule is COCCOC(=O)C(C)NC(=O)OC(C)(C)C. The lowest BCUT2D eigenvalue weighted by Gasteiger charge is -2.21. The molecule has 1 atom stereocenters. The maximum absolute atomic E-state index is 11.4. The summed E-state index contributed by atoms with van der Waals surface area (Å²) < 4.78 is 14.6. The zero-order valence-corrected chi connectivity index (χ0v) is 11.0. The number of ether oxygens (including phenoxy) is 3. The van der Waals surface area contributed by atoms with Gasteiger partial charge in [-0.3, -0.25) is 0 Å². The molecule has 0 aliphatic carbocycles. The summed E-state index contributed by atoms with van der Waals surface area (Å²) in [6.07, 6.45) is -0.645. The molecule has 0 bridgehead atoms. The lowest BCUT2D eigenvalue weighted by atomic mass is 10.2. The van der Waals surface area contributed by atoms with Crippen LogP contribution in [0.4, 0.5) is 4.79 Å². The first-order chi connectivity index (χ1) is 7.76. The van der Waals surface area contributed by atoms with Gasteiger partial charge in [0, 0.05) is 7.11 Å². The average Bonchev–Trinajstić information content (AvgIpc) is 2.14. The van der Waals surface area contributed by atoms with Crippen molar-refractivity contribution in [2.75, 3.05) is 20.3 Å². The molecule has 0 aliphatic heterocycles. The molecule has 0 heterocycles. The lowest BCUT2D eigenvalue weighted by molar-refractivity contribution is -0.146. The second kappa shape index (κ2) is 7.11. The average molecular weight is 247 g/mol. The lowest BCUT2D eigenvalue weighted by Crippen LogP contribution is -2.42. The Hall–Kier alpha value is -1.30. The molecule has 0 aromatic rings. The number of rotatable bonds is 5.